The molecule has 24 heavy (non-hydrogen) atoms. The number of carbonyl (C=O) groups excluding carboxylic acids is 2. The van der Waals surface area contributed by atoms with Crippen molar-refractivity contribution in [3.8, 4) is 0 Å². The summed E-state index contributed by atoms with van der Waals surface area (Å²) in [6.45, 7) is 1.67. The first-order chi connectivity index (χ1) is 11.5. The second kappa shape index (κ2) is 6.83. The van der Waals surface area contributed by atoms with Gasteiger partial charge in [0.1, 0.15) is 5.82 Å². The first kappa shape index (κ1) is 16.2. The lowest BCUT2D eigenvalue weighted by molar-refractivity contribution is -0.121. The molecule has 0 saturated heterocycles. The summed E-state index contributed by atoms with van der Waals surface area (Å²) >= 11 is 0. The standard InChI is InChI=1S/C19H19FN2O2/c1-12-6-8-15(11-16(12)20)21-18(23)9-7-14-10-13-4-2-3-5-17(13)22-19(14)24/h2-6,8,11,14H,7,9-10H2,1H3,(H,21,23)(H,22,24). The Hall–Kier alpha value is -2.69. The average molecular weight is 326 g/mol. The van der Waals surface area contributed by atoms with Gasteiger partial charge in [-0.3, -0.25) is 9.59 Å². The van der Waals surface area contributed by atoms with E-state index in [4.69, 9.17) is 0 Å². The molecule has 2 aromatic rings. The Morgan fingerprint density at radius 1 is 1.29 bits per heavy atom. The summed E-state index contributed by atoms with van der Waals surface area (Å²) in [5, 5.41) is 5.55. The van der Waals surface area contributed by atoms with Gasteiger partial charge in [-0.05, 0) is 49.1 Å². The van der Waals surface area contributed by atoms with Gasteiger partial charge in [-0.1, -0.05) is 24.3 Å². The molecule has 0 aromatic heterocycles. The zero-order valence-electron chi connectivity index (χ0n) is 13.4. The SMILES string of the molecule is Cc1ccc(NC(=O)CCC2Cc3ccccc3NC2=O)cc1F. The number of anilines is 2. The molecule has 2 amide bonds. The van der Waals surface area contributed by atoms with Crippen LogP contribution in [0.3, 0.4) is 0 Å². The summed E-state index contributed by atoms with van der Waals surface area (Å²) in [5.74, 6) is -0.843. The molecule has 0 spiro atoms. The van der Waals surface area contributed by atoms with Crippen LogP contribution in [0.1, 0.15) is 24.0 Å². The van der Waals surface area contributed by atoms with E-state index >= 15 is 0 Å². The van der Waals surface area contributed by atoms with Crippen LogP contribution in [-0.4, -0.2) is 11.8 Å². The fraction of sp³-hybridized carbons (Fsp3) is 0.263. The third-order valence-electron chi connectivity index (χ3n) is 4.29. The molecule has 0 saturated carbocycles. The summed E-state index contributed by atoms with van der Waals surface area (Å²) in [6.07, 6.45) is 1.31. The van der Waals surface area contributed by atoms with E-state index in [0.717, 1.165) is 11.3 Å². The molecule has 4 nitrogen and oxygen atoms in total. The Kier molecular flexibility index (Phi) is 4.60. The van der Waals surface area contributed by atoms with Gasteiger partial charge in [-0.15, -0.1) is 0 Å². The Morgan fingerprint density at radius 2 is 2.08 bits per heavy atom. The van der Waals surface area contributed by atoms with Crippen molar-refractivity contribution in [3.63, 3.8) is 0 Å². The monoisotopic (exact) mass is 326 g/mol. The molecular weight excluding hydrogens is 307 g/mol. The van der Waals surface area contributed by atoms with Gasteiger partial charge < -0.3 is 10.6 Å². The molecule has 0 fully saturated rings. The van der Waals surface area contributed by atoms with E-state index in [1.54, 1.807) is 19.1 Å². The zero-order valence-corrected chi connectivity index (χ0v) is 13.4. The molecule has 1 aliphatic rings. The highest BCUT2D eigenvalue weighted by atomic mass is 19.1. The first-order valence-electron chi connectivity index (χ1n) is 7.97. The van der Waals surface area contributed by atoms with Crippen molar-refractivity contribution in [1.29, 1.82) is 0 Å². The predicted molar refractivity (Wildman–Crippen MR) is 91.3 cm³/mol. The Bertz CT molecular complexity index is 789. The molecular formula is C19H19FN2O2. The van der Waals surface area contributed by atoms with Crippen molar-refractivity contribution >= 4 is 23.2 Å². The number of para-hydroxylation sites is 1. The molecule has 0 bridgehead atoms. The summed E-state index contributed by atoms with van der Waals surface area (Å²) in [4.78, 5) is 24.2. The maximum absolute atomic E-state index is 13.5. The molecule has 1 aliphatic heterocycles. The number of hydrogen-bond acceptors (Lipinski definition) is 2. The lowest BCUT2D eigenvalue weighted by Gasteiger charge is -2.24. The molecule has 3 rings (SSSR count). The number of benzene rings is 2. The van der Waals surface area contributed by atoms with Crippen LogP contribution < -0.4 is 10.6 Å². The van der Waals surface area contributed by atoms with Crippen molar-refractivity contribution in [2.75, 3.05) is 10.6 Å². The average Bonchev–Trinajstić information content (AvgIpc) is 2.56. The first-order valence-corrected chi connectivity index (χ1v) is 7.97. The van der Waals surface area contributed by atoms with E-state index < -0.39 is 0 Å². The number of carbonyl (C=O) groups is 2. The third-order valence-corrected chi connectivity index (χ3v) is 4.29. The van der Waals surface area contributed by atoms with Gasteiger partial charge in [-0.25, -0.2) is 4.39 Å². The minimum Gasteiger partial charge on any atom is -0.326 e. The Morgan fingerprint density at radius 3 is 2.88 bits per heavy atom. The van der Waals surface area contributed by atoms with Crippen LogP contribution in [0, 0.1) is 18.7 Å². The number of rotatable bonds is 4. The second-order valence-corrected chi connectivity index (χ2v) is 6.10. The predicted octanol–water partition coefficient (Wildman–Crippen LogP) is 3.66. The molecule has 2 aromatic carbocycles. The van der Waals surface area contributed by atoms with E-state index in [0.29, 0.717) is 24.1 Å². The van der Waals surface area contributed by atoms with Crippen molar-refractivity contribution in [1.82, 2.24) is 0 Å². The second-order valence-electron chi connectivity index (χ2n) is 6.10. The van der Waals surface area contributed by atoms with Crippen LogP contribution in [-0.2, 0) is 16.0 Å². The molecule has 0 radical (unpaired) electrons. The minimum absolute atomic E-state index is 0.0529. The van der Waals surface area contributed by atoms with Crippen LogP contribution in [0.25, 0.3) is 0 Å². The third kappa shape index (κ3) is 3.62. The van der Waals surface area contributed by atoms with Crippen LogP contribution >= 0.6 is 0 Å². The van der Waals surface area contributed by atoms with E-state index in [1.165, 1.54) is 6.07 Å². The van der Waals surface area contributed by atoms with Crippen LogP contribution in [0.4, 0.5) is 15.8 Å². The topological polar surface area (TPSA) is 58.2 Å². The van der Waals surface area contributed by atoms with Gasteiger partial charge in [-0.2, -0.15) is 0 Å². The highest BCUT2D eigenvalue weighted by Gasteiger charge is 2.26. The molecule has 1 heterocycles. The van der Waals surface area contributed by atoms with Gasteiger partial charge in [0.15, 0.2) is 0 Å². The molecule has 1 atom stereocenters. The van der Waals surface area contributed by atoms with E-state index in [9.17, 15) is 14.0 Å². The van der Waals surface area contributed by atoms with E-state index in [2.05, 4.69) is 10.6 Å². The number of halogens is 1. The number of nitrogens with one attached hydrogen (secondary N) is 2. The van der Waals surface area contributed by atoms with Crippen molar-refractivity contribution in [2.24, 2.45) is 5.92 Å². The van der Waals surface area contributed by atoms with Crippen LogP contribution in [0.15, 0.2) is 42.5 Å². The van der Waals surface area contributed by atoms with Crippen LogP contribution in [0.2, 0.25) is 0 Å². The maximum atomic E-state index is 13.5. The van der Waals surface area contributed by atoms with Gasteiger partial charge in [0.25, 0.3) is 0 Å². The van der Waals surface area contributed by atoms with E-state index in [-0.39, 0.29) is 30.0 Å². The molecule has 0 aliphatic carbocycles. The maximum Gasteiger partial charge on any atom is 0.227 e. The van der Waals surface area contributed by atoms with Crippen molar-refractivity contribution < 1.29 is 14.0 Å². The number of amides is 2. The fourth-order valence-corrected chi connectivity index (χ4v) is 2.85. The summed E-state index contributed by atoms with van der Waals surface area (Å²) in [5.41, 5.74) is 2.90. The molecule has 5 heteroatoms. The van der Waals surface area contributed by atoms with Gasteiger partial charge in [0, 0.05) is 23.7 Å². The lowest BCUT2D eigenvalue weighted by atomic mass is 9.89. The Balaban J connectivity index is 1.56. The number of aryl methyl sites for hydroxylation is 1. The zero-order chi connectivity index (χ0) is 17.1. The highest BCUT2D eigenvalue weighted by Crippen LogP contribution is 2.27. The van der Waals surface area contributed by atoms with Gasteiger partial charge in [0.2, 0.25) is 11.8 Å². The van der Waals surface area contributed by atoms with Gasteiger partial charge in [0.05, 0.1) is 0 Å². The smallest absolute Gasteiger partial charge is 0.227 e. The van der Waals surface area contributed by atoms with Crippen molar-refractivity contribution in [2.45, 2.75) is 26.2 Å². The minimum atomic E-state index is -0.351. The molecule has 2 N–H and O–H groups in total. The fourth-order valence-electron chi connectivity index (χ4n) is 2.85. The molecule has 1 unspecified atom stereocenters. The number of hydrogen-bond donors (Lipinski definition) is 2. The summed E-state index contributed by atoms with van der Waals surface area (Å²) < 4.78 is 13.5. The lowest BCUT2D eigenvalue weighted by Crippen LogP contribution is -2.30. The summed E-state index contributed by atoms with van der Waals surface area (Å²) in [7, 11) is 0. The largest absolute Gasteiger partial charge is 0.326 e. The highest BCUT2D eigenvalue weighted by molar-refractivity contribution is 5.96. The normalized spacial score (nSPS) is 16.2. The Labute approximate surface area is 140 Å². The van der Waals surface area contributed by atoms with Crippen molar-refractivity contribution in [3.05, 3.63) is 59.4 Å². The summed E-state index contributed by atoms with van der Waals surface area (Å²) in [6, 6.07) is 12.3. The molecule has 124 valence electrons. The quantitative estimate of drug-likeness (QED) is 0.901. The van der Waals surface area contributed by atoms with Crippen LogP contribution in [0.5, 0.6) is 0 Å². The number of fused-ring (bicyclic) bond motifs is 1. The van der Waals surface area contributed by atoms with Gasteiger partial charge >= 0.3 is 0 Å². The van der Waals surface area contributed by atoms with E-state index in [1.807, 2.05) is 24.3 Å².